The van der Waals surface area contributed by atoms with Crippen LogP contribution in [-0.2, 0) is 9.59 Å². The normalized spacial score (nSPS) is 27.8. The molecule has 3 atom stereocenters. The van der Waals surface area contributed by atoms with Crippen LogP contribution in [0.15, 0.2) is 0 Å². The van der Waals surface area contributed by atoms with Crippen LogP contribution in [0.4, 0.5) is 0 Å². The summed E-state index contributed by atoms with van der Waals surface area (Å²) in [5.74, 6) is 2.07. The first kappa shape index (κ1) is 20.4. The maximum Gasteiger partial charge on any atom is 0.237 e. The molecule has 2 aliphatic rings. The average molecular weight is 351 g/mol. The molecule has 25 heavy (non-hydrogen) atoms. The Balaban J connectivity index is 2.00. The topological polar surface area (TPSA) is 49.4 Å². The summed E-state index contributed by atoms with van der Waals surface area (Å²) in [5, 5.41) is 3.18. The van der Waals surface area contributed by atoms with Crippen molar-refractivity contribution in [3.63, 3.8) is 0 Å². The summed E-state index contributed by atoms with van der Waals surface area (Å²) in [6.45, 7) is 12.0. The Hall–Kier alpha value is -0.900. The van der Waals surface area contributed by atoms with E-state index in [0.29, 0.717) is 18.1 Å². The number of ketones is 1. The number of hydrogen-bond donors (Lipinski definition) is 1. The molecule has 0 bridgehead atoms. The lowest BCUT2D eigenvalue weighted by molar-refractivity contribution is -0.131. The Morgan fingerprint density at radius 3 is 2.36 bits per heavy atom. The van der Waals surface area contributed by atoms with Crippen LogP contribution in [-0.4, -0.2) is 41.3 Å². The third-order valence-corrected chi connectivity index (χ3v) is 5.82. The molecule has 1 heterocycles. The van der Waals surface area contributed by atoms with Gasteiger partial charge in [0, 0.05) is 24.4 Å². The fourth-order valence-corrected chi connectivity index (χ4v) is 4.42. The van der Waals surface area contributed by atoms with Gasteiger partial charge in [-0.3, -0.25) is 14.5 Å². The Bertz CT molecular complexity index is 467. The van der Waals surface area contributed by atoms with Gasteiger partial charge in [0.1, 0.15) is 5.78 Å². The minimum atomic E-state index is -0.195. The highest BCUT2D eigenvalue weighted by Crippen LogP contribution is 2.38. The second-order valence-corrected chi connectivity index (χ2v) is 9.51. The predicted octanol–water partition coefficient (Wildman–Crippen LogP) is 3.79. The molecule has 0 aromatic rings. The van der Waals surface area contributed by atoms with Crippen molar-refractivity contribution in [1.29, 1.82) is 0 Å². The van der Waals surface area contributed by atoms with Gasteiger partial charge in [0.25, 0.3) is 0 Å². The van der Waals surface area contributed by atoms with Crippen molar-refractivity contribution >= 4 is 11.7 Å². The minimum Gasteiger partial charge on any atom is -0.350 e. The predicted molar refractivity (Wildman–Crippen MR) is 102 cm³/mol. The first-order chi connectivity index (χ1) is 11.7. The molecule has 1 amide bonds. The van der Waals surface area contributed by atoms with Gasteiger partial charge in [-0.15, -0.1) is 0 Å². The van der Waals surface area contributed by atoms with E-state index in [-0.39, 0.29) is 23.4 Å². The monoisotopic (exact) mass is 350 g/mol. The molecule has 1 saturated carbocycles. The molecule has 0 spiro atoms. The van der Waals surface area contributed by atoms with E-state index in [1.165, 1.54) is 25.7 Å². The fraction of sp³-hybridized carbons (Fsp3) is 0.905. The van der Waals surface area contributed by atoms with Gasteiger partial charge in [-0.1, -0.05) is 33.1 Å². The zero-order valence-electron chi connectivity index (χ0n) is 16.9. The zero-order valence-corrected chi connectivity index (χ0v) is 16.9. The first-order valence-electron chi connectivity index (χ1n) is 10.3. The number of likely N-dealkylation sites (tertiary alicyclic amines) is 1. The number of carbonyl (C=O) groups is 2. The van der Waals surface area contributed by atoms with Crippen molar-refractivity contribution in [2.24, 2.45) is 17.8 Å². The summed E-state index contributed by atoms with van der Waals surface area (Å²) in [5.41, 5.74) is -0.195. The fourth-order valence-electron chi connectivity index (χ4n) is 4.42. The number of Topliss-reactive ketones (excluding diaryl/α,β-unsaturated/α-hetero) is 1. The molecule has 1 aliphatic heterocycles. The summed E-state index contributed by atoms with van der Waals surface area (Å²) in [4.78, 5) is 27.2. The minimum absolute atomic E-state index is 0.0206. The molecule has 4 nitrogen and oxygen atoms in total. The Kier molecular flexibility index (Phi) is 7.07. The quantitative estimate of drug-likeness (QED) is 0.793. The lowest BCUT2D eigenvalue weighted by Crippen LogP contribution is -2.57. The maximum absolute atomic E-state index is 12.9. The van der Waals surface area contributed by atoms with Gasteiger partial charge in [-0.25, -0.2) is 0 Å². The largest absolute Gasteiger partial charge is 0.350 e. The molecule has 4 heteroatoms. The van der Waals surface area contributed by atoms with Gasteiger partial charge >= 0.3 is 0 Å². The molecular formula is C21H38N2O2. The van der Waals surface area contributed by atoms with Crippen LogP contribution in [0, 0.1) is 17.8 Å². The highest BCUT2D eigenvalue weighted by atomic mass is 16.2. The second kappa shape index (κ2) is 8.66. The van der Waals surface area contributed by atoms with Gasteiger partial charge in [0.15, 0.2) is 0 Å². The standard InChI is InChI=1S/C21H38N2O2/c1-15(2)19(24)11-8-12-23-14-17-10-7-6-9-16(17)13-18(23)20(25)22-21(3,4)5/h15-18H,6-14H2,1-5H3,(H,22,25)/t16-,17+,18-/m0/s1. The molecule has 2 rings (SSSR count). The number of nitrogens with zero attached hydrogens (tertiary/aromatic N) is 1. The average Bonchev–Trinajstić information content (AvgIpc) is 2.52. The van der Waals surface area contributed by atoms with E-state index in [1.807, 2.05) is 34.6 Å². The molecule has 0 aromatic carbocycles. The summed E-state index contributed by atoms with van der Waals surface area (Å²) in [6.07, 6.45) is 7.73. The number of carbonyl (C=O) groups excluding carboxylic acids is 2. The van der Waals surface area contributed by atoms with E-state index in [1.54, 1.807) is 0 Å². The van der Waals surface area contributed by atoms with Crippen molar-refractivity contribution in [3.05, 3.63) is 0 Å². The van der Waals surface area contributed by atoms with E-state index in [2.05, 4.69) is 10.2 Å². The Morgan fingerprint density at radius 2 is 1.76 bits per heavy atom. The van der Waals surface area contributed by atoms with Gasteiger partial charge in [0.2, 0.25) is 5.91 Å². The van der Waals surface area contributed by atoms with Crippen molar-refractivity contribution in [1.82, 2.24) is 10.2 Å². The van der Waals surface area contributed by atoms with Crippen molar-refractivity contribution < 1.29 is 9.59 Å². The van der Waals surface area contributed by atoms with Crippen LogP contribution < -0.4 is 5.32 Å². The van der Waals surface area contributed by atoms with Crippen LogP contribution >= 0.6 is 0 Å². The van der Waals surface area contributed by atoms with E-state index in [9.17, 15) is 9.59 Å². The third kappa shape index (κ3) is 6.09. The Morgan fingerprint density at radius 1 is 1.12 bits per heavy atom. The molecule has 2 fully saturated rings. The summed E-state index contributed by atoms with van der Waals surface area (Å²) >= 11 is 0. The molecule has 1 N–H and O–H groups in total. The molecule has 0 radical (unpaired) electrons. The Labute approximate surface area is 154 Å². The number of fused-ring (bicyclic) bond motifs is 1. The van der Waals surface area contributed by atoms with E-state index in [0.717, 1.165) is 31.8 Å². The lowest BCUT2D eigenvalue weighted by Gasteiger charge is -2.46. The molecule has 0 unspecified atom stereocenters. The summed E-state index contributed by atoms with van der Waals surface area (Å²) < 4.78 is 0. The van der Waals surface area contributed by atoms with Crippen LogP contribution in [0.25, 0.3) is 0 Å². The number of amides is 1. The molecular weight excluding hydrogens is 312 g/mol. The molecule has 0 aromatic heterocycles. The van der Waals surface area contributed by atoms with E-state index < -0.39 is 0 Å². The van der Waals surface area contributed by atoms with Gasteiger partial charge in [0.05, 0.1) is 6.04 Å². The SMILES string of the molecule is CC(C)C(=O)CCCN1C[C@H]2CCCC[C@H]2C[C@H]1C(=O)NC(C)(C)C. The van der Waals surface area contributed by atoms with Crippen molar-refractivity contribution in [2.75, 3.05) is 13.1 Å². The van der Waals surface area contributed by atoms with Gasteiger partial charge in [-0.05, 0) is 58.4 Å². The molecule has 1 saturated heterocycles. The van der Waals surface area contributed by atoms with Crippen LogP contribution in [0.1, 0.15) is 79.6 Å². The van der Waals surface area contributed by atoms with Crippen molar-refractivity contribution in [3.8, 4) is 0 Å². The lowest BCUT2D eigenvalue weighted by atomic mass is 9.72. The van der Waals surface area contributed by atoms with E-state index >= 15 is 0 Å². The second-order valence-electron chi connectivity index (χ2n) is 9.51. The first-order valence-corrected chi connectivity index (χ1v) is 10.3. The van der Waals surface area contributed by atoms with Gasteiger partial charge < -0.3 is 5.32 Å². The van der Waals surface area contributed by atoms with Gasteiger partial charge in [-0.2, -0.15) is 0 Å². The van der Waals surface area contributed by atoms with E-state index in [4.69, 9.17) is 0 Å². The maximum atomic E-state index is 12.9. The number of hydrogen-bond acceptors (Lipinski definition) is 3. The third-order valence-electron chi connectivity index (χ3n) is 5.82. The number of rotatable bonds is 6. The van der Waals surface area contributed by atoms with Crippen LogP contribution in [0.5, 0.6) is 0 Å². The highest BCUT2D eigenvalue weighted by molar-refractivity contribution is 5.82. The number of piperidine rings is 1. The highest BCUT2D eigenvalue weighted by Gasteiger charge is 2.40. The molecule has 144 valence electrons. The smallest absolute Gasteiger partial charge is 0.237 e. The summed E-state index contributed by atoms with van der Waals surface area (Å²) in [7, 11) is 0. The zero-order chi connectivity index (χ0) is 18.6. The van der Waals surface area contributed by atoms with Crippen LogP contribution in [0.2, 0.25) is 0 Å². The number of nitrogens with one attached hydrogen (secondary N) is 1. The summed E-state index contributed by atoms with van der Waals surface area (Å²) in [6, 6.07) is -0.0206. The van der Waals surface area contributed by atoms with Crippen LogP contribution in [0.3, 0.4) is 0 Å². The van der Waals surface area contributed by atoms with Crippen molar-refractivity contribution in [2.45, 2.75) is 91.1 Å². The molecule has 1 aliphatic carbocycles.